The number of alkyl halides is 3. The first kappa shape index (κ1) is 18.2. The highest BCUT2D eigenvalue weighted by Crippen LogP contribution is 2.33. The Morgan fingerprint density at radius 1 is 1.19 bits per heavy atom. The van der Waals surface area contributed by atoms with E-state index >= 15 is 0 Å². The summed E-state index contributed by atoms with van der Waals surface area (Å²) in [5.41, 5.74) is -1.70. The number of benzene rings is 1. The number of nitrogens with one attached hydrogen (secondary N) is 1. The molecule has 0 fully saturated rings. The van der Waals surface area contributed by atoms with Crippen LogP contribution in [0.5, 0.6) is 0 Å². The van der Waals surface area contributed by atoms with Crippen LogP contribution in [-0.2, 0) is 21.7 Å². The van der Waals surface area contributed by atoms with E-state index in [9.17, 15) is 21.6 Å². The Morgan fingerprint density at radius 2 is 1.85 bits per heavy atom. The third kappa shape index (κ3) is 3.37. The van der Waals surface area contributed by atoms with E-state index in [0.29, 0.717) is 5.69 Å². The Kier molecular flexibility index (Phi) is 4.20. The van der Waals surface area contributed by atoms with Crippen molar-refractivity contribution < 1.29 is 21.6 Å². The molecular formula is C16H15F3N4O2S. The van der Waals surface area contributed by atoms with E-state index in [1.54, 1.807) is 31.4 Å². The first-order valence-corrected chi connectivity index (χ1v) is 8.98. The molecule has 0 spiro atoms. The molecule has 1 aliphatic rings. The number of nitrogens with zero attached hydrogens (tertiary/aromatic N) is 2. The first-order chi connectivity index (χ1) is 12.0. The summed E-state index contributed by atoms with van der Waals surface area (Å²) in [5, 5.41) is 8.04. The van der Waals surface area contributed by atoms with Crippen LogP contribution < -0.4 is 10.5 Å². The summed E-state index contributed by atoms with van der Waals surface area (Å²) in [6.07, 6.45) is 2.96. The number of primary sulfonamides is 1. The van der Waals surface area contributed by atoms with Gasteiger partial charge in [-0.25, -0.2) is 18.5 Å². The maximum atomic E-state index is 13.2. The van der Waals surface area contributed by atoms with Gasteiger partial charge in [-0.1, -0.05) is 12.2 Å². The summed E-state index contributed by atoms with van der Waals surface area (Å²) in [4.78, 5) is 3.64. The molecule has 3 N–H and O–H groups in total. The number of imidazole rings is 1. The standard InChI is InChI=1S/C16H15F3N4O2S/c1-15(8-2-3-9-21-15)14-22-13(16(17,18)19)10-23(14)11-4-6-12(7-5-11)26(20,24)25/h2-10,21H,1H3,(H2,20,24,25). The fraction of sp³-hybridized carbons (Fsp3) is 0.188. The Labute approximate surface area is 147 Å². The average Bonchev–Trinajstić information content (AvgIpc) is 3.01. The van der Waals surface area contributed by atoms with Crippen LogP contribution in [0.25, 0.3) is 5.69 Å². The van der Waals surface area contributed by atoms with Crippen LogP contribution in [-0.4, -0.2) is 18.0 Å². The van der Waals surface area contributed by atoms with E-state index in [1.807, 2.05) is 0 Å². The van der Waals surface area contributed by atoms with Crippen molar-refractivity contribution >= 4 is 10.0 Å². The van der Waals surface area contributed by atoms with Gasteiger partial charge in [0.2, 0.25) is 10.0 Å². The molecular weight excluding hydrogens is 369 g/mol. The molecule has 10 heteroatoms. The Hall–Kier alpha value is -2.59. The zero-order valence-electron chi connectivity index (χ0n) is 13.5. The zero-order chi connectivity index (χ0) is 19.2. The summed E-state index contributed by atoms with van der Waals surface area (Å²) in [6.45, 7) is 1.69. The number of nitrogens with two attached hydrogens (primary N) is 1. The molecule has 1 unspecified atom stereocenters. The number of hydrogen-bond donors (Lipinski definition) is 2. The van der Waals surface area contributed by atoms with Gasteiger partial charge in [-0.3, -0.25) is 0 Å². The molecule has 0 amide bonds. The fourth-order valence-electron chi connectivity index (χ4n) is 2.59. The van der Waals surface area contributed by atoms with Gasteiger partial charge in [0.25, 0.3) is 0 Å². The van der Waals surface area contributed by atoms with Crippen molar-refractivity contribution in [2.75, 3.05) is 0 Å². The van der Waals surface area contributed by atoms with Gasteiger partial charge in [-0.2, -0.15) is 13.2 Å². The predicted octanol–water partition coefficient (Wildman–Crippen LogP) is 2.43. The Balaban J connectivity index is 2.15. The third-order valence-corrected chi connectivity index (χ3v) is 4.85. The third-order valence-electron chi connectivity index (χ3n) is 3.92. The smallest absolute Gasteiger partial charge is 0.376 e. The second kappa shape index (κ2) is 5.99. The van der Waals surface area contributed by atoms with E-state index in [1.165, 1.54) is 28.8 Å². The molecule has 6 nitrogen and oxygen atoms in total. The number of allylic oxidation sites excluding steroid dienone is 2. The number of dihydropyridines is 1. The molecule has 1 aromatic heterocycles. The fourth-order valence-corrected chi connectivity index (χ4v) is 3.10. The quantitative estimate of drug-likeness (QED) is 0.851. The first-order valence-electron chi connectivity index (χ1n) is 7.43. The average molecular weight is 384 g/mol. The molecule has 0 saturated carbocycles. The van der Waals surface area contributed by atoms with Crippen molar-refractivity contribution in [3.05, 3.63) is 66.4 Å². The normalized spacial score (nSPS) is 20.2. The zero-order valence-corrected chi connectivity index (χ0v) is 14.3. The van der Waals surface area contributed by atoms with Crippen molar-refractivity contribution in [1.29, 1.82) is 0 Å². The highest BCUT2D eigenvalue weighted by Gasteiger charge is 2.38. The Morgan fingerprint density at radius 3 is 2.35 bits per heavy atom. The van der Waals surface area contributed by atoms with E-state index < -0.39 is 27.4 Å². The van der Waals surface area contributed by atoms with Crippen LogP contribution in [0, 0.1) is 0 Å². The number of rotatable bonds is 3. The lowest BCUT2D eigenvalue weighted by molar-refractivity contribution is -0.141. The molecule has 138 valence electrons. The van der Waals surface area contributed by atoms with Crippen molar-refractivity contribution in [3.8, 4) is 5.69 Å². The van der Waals surface area contributed by atoms with Crippen LogP contribution in [0.2, 0.25) is 0 Å². The maximum absolute atomic E-state index is 13.2. The molecule has 26 heavy (non-hydrogen) atoms. The van der Waals surface area contributed by atoms with Crippen LogP contribution >= 0.6 is 0 Å². The minimum absolute atomic E-state index is 0.105. The molecule has 2 heterocycles. The van der Waals surface area contributed by atoms with Gasteiger partial charge < -0.3 is 9.88 Å². The van der Waals surface area contributed by atoms with Gasteiger partial charge in [-0.15, -0.1) is 0 Å². The summed E-state index contributed by atoms with van der Waals surface area (Å²) in [7, 11) is -3.90. The van der Waals surface area contributed by atoms with Crippen LogP contribution in [0.15, 0.2) is 59.8 Å². The van der Waals surface area contributed by atoms with E-state index in [-0.39, 0.29) is 10.7 Å². The number of aromatic nitrogens is 2. The monoisotopic (exact) mass is 384 g/mol. The molecule has 0 radical (unpaired) electrons. The summed E-state index contributed by atoms with van der Waals surface area (Å²) in [6, 6.07) is 5.20. The maximum Gasteiger partial charge on any atom is 0.434 e. The molecule has 2 aromatic rings. The minimum Gasteiger partial charge on any atom is -0.376 e. The number of halogens is 3. The molecule has 0 bridgehead atoms. The lowest BCUT2D eigenvalue weighted by atomic mass is 9.98. The molecule has 0 aliphatic carbocycles. The van der Waals surface area contributed by atoms with Crippen molar-refractivity contribution in [2.45, 2.75) is 23.5 Å². The van der Waals surface area contributed by atoms with Crippen LogP contribution in [0.3, 0.4) is 0 Å². The summed E-state index contributed by atoms with van der Waals surface area (Å²) >= 11 is 0. The van der Waals surface area contributed by atoms with E-state index in [4.69, 9.17) is 5.14 Å². The van der Waals surface area contributed by atoms with Gasteiger partial charge >= 0.3 is 6.18 Å². The van der Waals surface area contributed by atoms with E-state index in [2.05, 4.69) is 10.3 Å². The van der Waals surface area contributed by atoms with E-state index in [0.717, 1.165) is 6.20 Å². The van der Waals surface area contributed by atoms with Gasteiger partial charge in [0.05, 0.1) is 4.90 Å². The van der Waals surface area contributed by atoms with Gasteiger partial charge in [0.15, 0.2) is 5.69 Å². The Bertz CT molecular complexity index is 991. The molecule has 1 aromatic carbocycles. The largest absolute Gasteiger partial charge is 0.434 e. The SMILES string of the molecule is CC1(c2nc(C(F)(F)F)cn2-c2ccc(S(N)(=O)=O)cc2)C=CC=CN1. The number of sulfonamides is 1. The highest BCUT2D eigenvalue weighted by atomic mass is 32.2. The lowest BCUT2D eigenvalue weighted by Gasteiger charge is -2.28. The second-order valence-corrected chi connectivity index (χ2v) is 7.48. The van der Waals surface area contributed by atoms with Crippen molar-refractivity contribution in [1.82, 2.24) is 14.9 Å². The summed E-state index contributed by atoms with van der Waals surface area (Å²) < 4.78 is 63.6. The predicted molar refractivity (Wildman–Crippen MR) is 88.7 cm³/mol. The van der Waals surface area contributed by atoms with Gasteiger partial charge in [-0.05, 0) is 43.5 Å². The van der Waals surface area contributed by atoms with Crippen molar-refractivity contribution in [2.24, 2.45) is 5.14 Å². The van der Waals surface area contributed by atoms with Crippen LogP contribution in [0.4, 0.5) is 13.2 Å². The molecule has 1 atom stereocenters. The lowest BCUT2D eigenvalue weighted by Crippen LogP contribution is -2.38. The van der Waals surface area contributed by atoms with Gasteiger partial charge in [0, 0.05) is 11.9 Å². The number of hydrogen-bond acceptors (Lipinski definition) is 4. The minimum atomic E-state index is -4.62. The van der Waals surface area contributed by atoms with Crippen molar-refractivity contribution in [3.63, 3.8) is 0 Å². The molecule has 3 rings (SSSR count). The van der Waals surface area contributed by atoms with Crippen LogP contribution in [0.1, 0.15) is 18.4 Å². The molecule has 1 aliphatic heterocycles. The topological polar surface area (TPSA) is 90.0 Å². The highest BCUT2D eigenvalue weighted by molar-refractivity contribution is 7.89. The van der Waals surface area contributed by atoms with Gasteiger partial charge in [0.1, 0.15) is 11.4 Å². The summed E-state index contributed by atoms with van der Waals surface area (Å²) in [5.74, 6) is 0.105. The molecule has 0 saturated heterocycles. The second-order valence-electron chi connectivity index (χ2n) is 5.92.